The number of nitrogens with zero attached hydrogens (tertiary/aromatic N) is 4. The average molecular weight is 485 g/mol. The van der Waals surface area contributed by atoms with E-state index in [2.05, 4.69) is 5.10 Å². The minimum absolute atomic E-state index is 0.0193. The molecule has 0 fully saturated rings. The molecule has 1 aromatic heterocycles. The molecule has 3 aromatic rings. The molecule has 0 radical (unpaired) electrons. The van der Waals surface area contributed by atoms with Gasteiger partial charge in [-0.1, -0.05) is 48.0 Å². The topological polar surface area (TPSA) is 92.6 Å². The maximum Gasteiger partial charge on any atom is 0.261 e. The molecule has 2 aliphatic rings. The third kappa shape index (κ3) is 3.30. The lowest BCUT2D eigenvalue weighted by atomic mass is 9.94. The molecule has 2 aliphatic heterocycles. The number of hydrogen-bond acceptors (Lipinski definition) is 5. The lowest BCUT2D eigenvalue weighted by Crippen LogP contribution is -2.46. The summed E-state index contributed by atoms with van der Waals surface area (Å²) in [5.74, 6) is -0.849. The molecular weight excluding hydrogens is 464 g/mol. The molecule has 0 bridgehead atoms. The highest BCUT2D eigenvalue weighted by Gasteiger charge is 2.43. The molecule has 33 heavy (non-hydrogen) atoms. The summed E-state index contributed by atoms with van der Waals surface area (Å²) >= 11 is 6.32. The standard InChI is InChI=1S/C23H21ClN4O4S/c1-14-20(21(24)26(2)25-14)33(31,32)28-12-11-15-7-3-4-8-16(15)19(28)13-27-22(29)17-9-5-6-10-18(17)23(27)30/h3-10,19H,11-13H2,1-2H3. The zero-order valence-corrected chi connectivity index (χ0v) is 19.6. The number of amides is 2. The van der Waals surface area contributed by atoms with Crippen molar-refractivity contribution in [2.24, 2.45) is 7.05 Å². The van der Waals surface area contributed by atoms with Gasteiger partial charge in [0.15, 0.2) is 0 Å². The van der Waals surface area contributed by atoms with Crippen LogP contribution in [0.2, 0.25) is 5.15 Å². The van der Waals surface area contributed by atoms with Gasteiger partial charge in [0.25, 0.3) is 11.8 Å². The van der Waals surface area contributed by atoms with Crippen LogP contribution in [-0.2, 0) is 23.5 Å². The lowest BCUT2D eigenvalue weighted by molar-refractivity contribution is 0.0616. The molecule has 0 saturated heterocycles. The number of rotatable bonds is 4. The molecule has 170 valence electrons. The first-order chi connectivity index (χ1) is 15.7. The van der Waals surface area contributed by atoms with Crippen LogP contribution in [-0.4, -0.2) is 52.3 Å². The summed E-state index contributed by atoms with van der Waals surface area (Å²) in [6, 6.07) is 13.4. The lowest BCUT2D eigenvalue weighted by Gasteiger charge is -2.37. The molecule has 1 unspecified atom stereocenters. The number of imide groups is 1. The van der Waals surface area contributed by atoms with Crippen LogP contribution in [0.3, 0.4) is 0 Å². The van der Waals surface area contributed by atoms with Crippen molar-refractivity contribution in [2.75, 3.05) is 13.1 Å². The minimum atomic E-state index is -4.07. The van der Waals surface area contributed by atoms with E-state index in [-0.39, 0.29) is 23.1 Å². The van der Waals surface area contributed by atoms with Gasteiger partial charge in [-0.3, -0.25) is 19.2 Å². The van der Waals surface area contributed by atoms with Crippen LogP contribution in [0.25, 0.3) is 0 Å². The first-order valence-corrected chi connectivity index (χ1v) is 12.3. The summed E-state index contributed by atoms with van der Waals surface area (Å²) in [5, 5.41) is 4.18. The molecule has 0 aliphatic carbocycles. The number of carbonyl (C=O) groups excluding carboxylic acids is 2. The summed E-state index contributed by atoms with van der Waals surface area (Å²) in [6.07, 6.45) is 0.505. The smallest absolute Gasteiger partial charge is 0.261 e. The van der Waals surface area contributed by atoms with Crippen molar-refractivity contribution in [1.82, 2.24) is 19.0 Å². The van der Waals surface area contributed by atoms with E-state index in [0.717, 1.165) is 16.0 Å². The summed E-state index contributed by atoms with van der Waals surface area (Å²) in [5.41, 5.74) is 2.70. The molecule has 0 N–H and O–H groups in total. The summed E-state index contributed by atoms with van der Waals surface area (Å²) < 4.78 is 30.3. The second-order valence-electron chi connectivity index (χ2n) is 8.18. The Bertz CT molecular complexity index is 1380. The fourth-order valence-electron chi connectivity index (χ4n) is 4.70. The number of sulfonamides is 1. The fraction of sp³-hybridized carbons (Fsp3) is 0.261. The average Bonchev–Trinajstić information content (AvgIpc) is 3.20. The van der Waals surface area contributed by atoms with Crippen molar-refractivity contribution in [3.8, 4) is 0 Å². The predicted molar refractivity (Wildman–Crippen MR) is 122 cm³/mol. The van der Waals surface area contributed by atoms with Crippen LogP contribution < -0.4 is 0 Å². The Hall–Kier alpha value is -3.01. The molecular formula is C23H21ClN4O4S. The molecule has 0 spiro atoms. The van der Waals surface area contributed by atoms with Gasteiger partial charge in [-0.2, -0.15) is 9.40 Å². The van der Waals surface area contributed by atoms with Crippen LogP contribution in [0.15, 0.2) is 53.4 Å². The van der Waals surface area contributed by atoms with Gasteiger partial charge >= 0.3 is 0 Å². The van der Waals surface area contributed by atoms with Crippen LogP contribution in [0.1, 0.15) is 43.6 Å². The number of halogens is 1. The largest absolute Gasteiger partial charge is 0.272 e. The number of aryl methyl sites for hydroxylation is 2. The highest BCUT2D eigenvalue weighted by molar-refractivity contribution is 7.89. The maximum absolute atomic E-state index is 13.8. The van der Waals surface area contributed by atoms with E-state index < -0.39 is 27.9 Å². The Morgan fingerprint density at radius 2 is 1.64 bits per heavy atom. The molecule has 8 nitrogen and oxygen atoms in total. The zero-order valence-electron chi connectivity index (χ0n) is 18.0. The van der Waals surface area contributed by atoms with E-state index in [1.165, 1.54) is 8.99 Å². The SMILES string of the molecule is Cc1nn(C)c(Cl)c1S(=O)(=O)N1CCc2ccccc2C1CN1C(=O)c2ccccc2C1=O. The van der Waals surface area contributed by atoms with Crippen molar-refractivity contribution in [2.45, 2.75) is 24.3 Å². The summed E-state index contributed by atoms with van der Waals surface area (Å²) in [4.78, 5) is 27.1. The highest BCUT2D eigenvalue weighted by atomic mass is 35.5. The Morgan fingerprint density at radius 3 is 2.24 bits per heavy atom. The van der Waals surface area contributed by atoms with Gasteiger partial charge < -0.3 is 0 Å². The van der Waals surface area contributed by atoms with Gasteiger partial charge in [0.1, 0.15) is 10.0 Å². The molecule has 1 atom stereocenters. The molecule has 5 rings (SSSR count). The monoisotopic (exact) mass is 484 g/mol. The highest BCUT2D eigenvalue weighted by Crippen LogP contribution is 2.38. The van der Waals surface area contributed by atoms with E-state index in [1.54, 1.807) is 38.2 Å². The van der Waals surface area contributed by atoms with Crippen molar-refractivity contribution in [3.63, 3.8) is 0 Å². The van der Waals surface area contributed by atoms with Crippen molar-refractivity contribution in [1.29, 1.82) is 0 Å². The minimum Gasteiger partial charge on any atom is -0.272 e. The fourth-order valence-corrected chi connectivity index (χ4v) is 7.01. The Balaban J connectivity index is 1.60. The Morgan fingerprint density at radius 1 is 1.03 bits per heavy atom. The van der Waals surface area contributed by atoms with Crippen LogP contribution in [0.4, 0.5) is 0 Å². The quantitative estimate of drug-likeness (QED) is 0.531. The predicted octanol–water partition coefficient (Wildman–Crippen LogP) is 2.97. The van der Waals surface area contributed by atoms with Gasteiger partial charge in [-0.15, -0.1) is 0 Å². The van der Waals surface area contributed by atoms with Crippen LogP contribution >= 0.6 is 11.6 Å². The van der Waals surface area contributed by atoms with E-state index in [0.29, 0.717) is 23.2 Å². The number of fused-ring (bicyclic) bond motifs is 2. The molecule has 2 aromatic carbocycles. The number of benzene rings is 2. The summed E-state index contributed by atoms with van der Waals surface area (Å²) in [6.45, 7) is 1.69. The second kappa shape index (κ2) is 7.79. The first kappa shape index (κ1) is 21.8. The summed E-state index contributed by atoms with van der Waals surface area (Å²) in [7, 11) is -2.49. The van der Waals surface area contributed by atoms with Gasteiger partial charge in [-0.25, -0.2) is 8.42 Å². The molecule has 0 saturated carbocycles. The molecule has 3 heterocycles. The van der Waals surface area contributed by atoms with E-state index in [4.69, 9.17) is 11.6 Å². The van der Waals surface area contributed by atoms with Crippen molar-refractivity contribution in [3.05, 3.63) is 81.6 Å². The molecule has 10 heteroatoms. The van der Waals surface area contributed by atoms with Crippen molar-refractivity contribution < 1.29 is 18.0 Å². The van der Waals surface area contributed by atoms with E-state index in [1.807, 2.05) is 24.3 Å². The molecule has 2 amide bonds. The Kier molecular flexibility index (Phi) is 5.15. The number of aromatic nitrogens is 2. The number of carbonyl (C=O) groups is 2. The van der Waals surface area contributed by atoms with Crippen molar-refractivity contribution >= 4 is 33.4 Å². The van der Waals surface area contributed by atoms with Gasteiger partial charge in [-0.05, 0) is 36.6 Å². The maximum atomic E-state index is 13.8. The van der Waals surface area contributed by atoms with E-state index in [9.17, 15) is 18.0 Å². The normalized spacial score (nSPS) is 18.5. The van der Waals surface area contributed by atoms with E-state index >= 15 is 0 Å². The zero-order chi connectivity index (χ0) is 23.5. The van der Waals surface area contributed by atoms with Crippen LogP contribution in [0, 0.1) is 6.92 Å². The van der Waals surface area contributed by atoms with Gasteiger partial charge in [0.05, 0.1) is 29.4 Å². The number of hydrogen-bond donors (Lipinski definition) is 0. The van der Waals surface area contributed by atoms with Gasteiger partial charge in [0.2, 0.25) is 10.0 Å². The van der Waals surface area contributed by atoms with Gasteiger partial charge in [0, 0.05) is 13.6 Å². The third-order valence-corrected chi connectivity index (χ3v) is 8.87. The Labute approximate surface area is 196 Å². The third-order valence-electron chi connectivity index (χ3n) is 6.26. The second-order valence-corrected chi connectivity index (χ2v) is 10.4. The van der Waals surface area contributed by atoms with Crippen LogP contribution in [0.5, 0.6) is 0 Å². The first-order valence-electron chi connectivity index (χ1n) is 10.5.